The molecule has 0 N–H and O–H groups in total. The number of carbonyl (C=O) groups excluding carboxylic acids is 1. The first-order chi connectivity index (χ1) is 12.2. The third kappa shape index (κ3) is 3.03. The highest BCUT2D eigenvalue weighted by molar-refractivity contribution is 6.33. The van der Waals surface area contributed by atoms with Gasteiger partial charge in [0, 0.05) is 17.7 Å². The third-order valence-corrected chi connectivity index (χ3v) is 4.71. The second kappa shape index (κ2) is 6.69. The molecule has 0 unspecified atom stereocenters. The molecule has 2 heterocycles. The monoisotopic (exact) mass is 353 g/mol. The van der Waals surface area contributed by atoms with Crippen molar-refractivity contribution < 1.29 is 9.32 Å². The Balaban J connectivity index is 1.61. The molecule has 1 aliphatic heterocycles. The average Bonchev–Trinajstić information content (AvgIpc) is 3.31. The SMILES string of the molecule is O=C(c1ccccc1)N1CCC[C@H]1c1nc(-c2ccccc2Cl)no1. The normalized spacial score (nSPS) is 17.0. The van der Waals surface area contributed by atoms with Gasteiger partial charge in [-0.05, 0) is 37.1 Å². The Bertz CT molecular complexity index is 894. The van der Waals surface area contributed by atoms with Crippen molar-refractivity contribution >= 4 is 17.5 Å². The molecule has 0 saturated carbocycles. The van der Waals surface area contributed by atoms with Crippen LogP contribution < -0.4 is 0 Å². The molecule has 3 aromatic rings. The van der Waals surface area contributed by atoms with E-state index in [-0.39, 0.29) is 11.9 Å². The quantitative estimate of drug-likeness (QED) is 0.701. The molecule has 6 heteroatoms. The smallest absolute Gasteiger partial charge is 0.254 e. The molecule has 2 aromatic carbocycles. The molecule has 1 fully saturated rings. The Morgan fingerprint density at radius 3 is 2.68 bits per heavy atom. The molecule has 0 radical (unpaired) electrons. The van der Waals surface area contributed by atoms with Crippen molar-refractivity contribution in [1.82, 2.24) is 15.0 Å². The molecule has 1 saturated heterocycles. The van der Waals surface area contributed by atoms with Gasteiger partial charge in [0.05, 0.1) is 5.02 Å². The van der Waals surface area contributed by atoms with Gasteiger partial charge in [-0.3, -0.25) is 4.79 Å². The van der Waals surface area contributed by atoms with Crippen LogP contribution in [-0.4, -0.2) is 27.5 Å². The number of halogens is 1. The lowest BCUT2D eigenvalue weighted by Crippen LogP contribution is -2.30. The summed E-state index contributed by atoms with van der Waals surface area (Å²) in [5, 5.41) is 4.62. The topological polar surface area (TPSA) is 59.2 Å². The number of amides is 1. The second-order valence-electron chi connectivity index (χ2n) is 5.96. The van der Waals surface area contributed by atoms with Crippen molar-refractivity contribution in [3.63, 3.8) is 0 Å². The zero-order chi connectivity index (χ0) is 17.2. The highest BCUT2D eigenvalue weighted by Crippen LogP contribution is 2.34. The summed E-state index contributed by atoms with van der Waals surface area (Å²) in [7, 11) is 0. The Kier molecular flexibility index (Phi) is 4.24. The predicted octanol–water partition coefficient (Wildman–Crippen LogP) is 4.37. The van der Waals surface area contributed by atoms with Crippen LogP contribution in [0.25, 0.3) is 11.4 Å². The standard InChI is InChI=1S/C19H16ClN3O2/c20-15-10-5-4-9-14(15)17-21-18(25-22-17)16-11-6-12-23(16)19(24)13-7-2-1-3-8-13/h1-5,7-10,16H,6,11-12H2/t16-/m0/s1. The van der Waals surface area contributed by atoms with Crippen molar-refractivity contribution in [2.75, 3.05) is 6.54 Å². The number of benzene rings is 2. The summed E-state index contributed by atoms with van der Waals surface area (Å²) in [4.78, 5) is 19.1. The molecule has 0 spiro atoms. The van der Waals surface area contributed by atoms with Crippen molar-refractivity contribution in [3.8, 4) is 11.4 Å². The predicted molar refractivity (Wildman–Crippen MR) is 94.2 cm³/mol. The van der Waals surface area contributed by atoms with Gasteiger partial charge in [0.25, 0.3) is 5.91 Å². The van der Waals surface area contributed by atoms with Gasteiger partial charge < -0.3 is 9.42 Å². The maximum absolute atomic E-state index is 12.8. The van der Waals surface area contributed by atoms with E-state index in [4.69, 9.17) is 16.1 Å². The summed E-state index contributed by atoms with van der Waals surface area (Å²) >= 11 is 6.20. The van der Waals surface area contributed by atoms with Crippen LogP contribution in [0.5, 0.6) is 0 Å². The molecule has 1 amide bonds. The van der Waals surface area contributed by atoms with Crippen LogP contribution in [-0.2, 0) is 0 Å². The lowest BCUT2D eigenvalue weighted by Gasteiger charge is -2.21. The molecule has 1 atom stereocenters. The average molecular weight is 354 g/mol. The number of rotatable bonds is 3. The van der Waals surface area contributed by atoms with Crippen molar-refractivity contribution in [3.05, 3.63) is 71.1 Å². The van der Waals surface area contributed by atoms with E-state index in [0.717, 1.165) is 18.4 Å². The molecular formula is C19H16ClN3O2. The number of hydrogen-bond acceptors (Lipinski definition) is 4. The Hall–Kier alpha value is -2.66. The first-order valence-corrected chi connectivity index (χ1v) is 8.56. The molecule has 1 aliphatic rings. The van der Waals surface area contributed by atoms with E-state index in [1.807, 2.05) is 48.5 Å². The molecular weight excluding hydrogens is 338 g/mol. The molecule has 5 nitrogen and oxygen atoms in total. The zero-order valence-corrected chi connectivity index (χ0v) is 14.2. The Labute approximate surface area is 150 Å². The van der Waals surface area contributed by atoms with Gasteiger partial charge in [-0.2, -0.15) is 4.98 Å². The van der Waals surface area contributed by atoms with E-state index in [1.165, 1.54) is 0 Å². The number of aromatic nitrogens is 2. The fourth-order valence-electron chi connectivity index (χ4n) is 3.14. The first kappa shape index (κ1) is 15.8. The molecule has 25 heavy (non-hydrogen) atoms. The highest BCUT2D eigenvalue weighted by Gasteiger charge is 2.34. The molecule has 1 aromatic heterocycles. The van der Waals surface area contributed by atoms with Crippen LogP contribution in [0.15, 0.2) is 59.1 Å². The lowest BCUT2D eigenvalue weighted by atomic mass is 10.1. The fourth-order valence-corrected chi connectivity index (χ4v) is 3.36. The number of carbonyl (C=O) groups is 1. The van der Waals surface area contributed by atoms with Crippen LogP contribution in [0.2, 0.25) is 5.02 Å². The zero-order valence-electron chi connectivity index (χ0n) is 13.4. The number of nitrogens with zero attached hydrogens (tertiary/aromatic N) is 3. The number of hydrogen-bond donors (Lipinski definition) is 0. The Morgan fingerprint density at radius 2 is 1.88 bits per heavy atom. The van der Waals surface area contributed by atoms with Crippen molar-refractivity contribution in [2.24, 2.45) is 0 Å². The molecule has 4 rings (SSSR count). The van der Waals surface area contributed by atoms with Crippen LogP contribution in [0.1, 0.15) is 35.1 Å². The van der Waals surface area contributed by atoms with Gasteiger partial charge in [-0.1, -0.05) is 47.1 Å². The fraction of sp³-hybridized carbons (Fsp3) is 0.211. The summed E-state index contributed by atoms with van der Waals surface area (Å²) in [5.41, 5.74) is 1.39. The van der Waals surface area contributed by atoms with Gasteiger partial charge in [-0.15, -0.1) is 0 Å². The largest absolute Gasteiger partial charge is 0.337 e. The van der Waals surface area contributed by atoms with Crippen molar-refractivity contribution in [2.45, 2.75) is 18.9 Å². The van der Waals surface area contributed by atoms with Crippen molar-refractivity contribution in [1.29, 1.82) is 0 Å². The van der Waals surface area contributed by atoms with Crippen LogP contribution in [0.4, 0.5) is 0 Å². The van der Waals surface area contributed by atoms with Gasteiger partial charge >= 0.3 is 0 Å². The molecule has 126 valence electrons. The summed E-state index contributed by atoms with van der Waals surface area (Å²) in [5.74, 6) is 0.886. The Morgan fingerprint density at radius 1 is 1.12 bits per heavy atom. The minimum atomic E-state index is -0.198. The van der Waals surface area contributed by atoms with E-state index >= 15 is 0 Å². The number of likely N-dealkylation sites (tertiary alicyclic amines) is 1. The first-order valence-electron chi connectivity index (χ1n) is 8.18. The van der Waals surface area contributed by atoms with E-state index in [2.05, 4.69) is 10.1 Å². The van der Waals surface area contributed by atoms with E-state index in [9.17, 15) is 4.79 Å². The molecule has 0 bridgehead atoms. The minimum Gasteiger partial charge on any atom is -0.337 e. The maximum Gasteiger partial charge on any atom is 0.254 e. The maximum atomic E-state index is 12.8. The summed E-state index contributed by atoms with van der Waals surface area (Å²) in [6.07, 6.45) is 1.72. The van der Waals surface area contributed by atoms with Crippen LogP contribution >= 0.6 is 11.6 Å². The molecule has 0 aliphatic carbocycles. The van der Waals surface area contributed by atoms with Gasteiger partial charge in [0.2, 0.25) is 11.7 Å². The van der Waals surface area contributed by atoms with Gasteiger partial charge in [0.1, 0.15) is 6.04 Å². The van der Waals surface area contributed by atoms with Gasteiger partial charge in [-0.25, -0.2) is 0 Å². The van der Waals surface area contributed by atoms with E-state index in [0.29, 0.717) is 28.8 Å². The third-order valence-electron chi connectivity index (χ3n) is 4.38. The van der Waals surface area contributed by atoms with Crippen LogP contribution in [0, 0.1) is 0 Å². The van der Waals surface area contributed by atoms with Crippen LogP contribution in [0.3, 0.4) is 0 Å². The summed E-state index contributed by atoms with van der Waals surface area (Å²) in [6, 6.07) is 16.4. The summed E-state index contributed by atoms with van der Waals surface area (Å²) < 4.78 is 5.46. The lowest BCUT2D eigenvalue weighted by molar-refractivity contribution is 0.0710. The van der Waals surface area contributed by atoms with E-state index < -0.39 is 0 Å². The van der Waals surface area contributed by atoms with E-state index in [1.54, 1.807) is 11.0 Å². The minimum absolute atomic E-state index is 0.0133. The summed E-state index contributed by atoms with van der Waals surface area (Å²) in [6.45, 7) is 0.683. The second-order valence-corrected chi connectivity index (χ2v) is 6.37. The van der Waals surface area contributed by atoms with Gasteiger partial charge in [0.15, 0.2) is 0 Å². The highest BCUT2D eigenvalue weighted by atomic mass is 35.5.